The van der Waals surface area contributed by atoms with Crippen LogP contribution in [-0.4, -0.2) is 65.9 Å². The number of pyridine rings is 1. The van der Waals surface area contributed by atoms with E-state index in [1.807, 2.05) is 32.0 Å². The van der Waals surface area contributed by atoms with Crippen molar-refractivity contribution in [1.29, 1.82) is 0 Å². The molecule has 1 unspecified atom stereocenters. The zero-order valence-corrected chi connectivity index (χ0v) is 26.6. The normalized spacial score (nSPS) is 22.2. The van der Waals surface area contributed by atoms with Crippen LogP contribution in [0.4, 0.5) is 5.82 Å². The van der Waals surface area contributed by atoms with Gasteiger partial charge in [-0.3, -0.25) is 19.1 Å². The quantitative estimate of drug-likeness (QED) is 0.193. The molecule has 0 radical (unpaired) electrons. The molecule has 3 atom stereocenters. The number of amides is 2. The molecule has 3 aliphatic rings. The third-order valence-corrected chi connectivity index (χ3v) is 9.40. The molecule has 228 valence electrons. The molecular formula is C33H30BrN7O4. The lowest BCUT2D eigenvalue weighted by Crippen LogP contribution is -2.47. The van der Waals surface area contributed by atoms with Gasteiger partial charge in [0.15, 0.2) is 5.78 Å². The molecule has 1 saturated heterocycles. The average Bonchev–Trinajstić information content (AvgIpc) is 3.40. The number of aryl methyl sites for hydroxylation is 2. The van der Waals surface area contributed by atoms with Gasteiger partial charge in [0.2, 0.25) is 11.8 Å². The van der Waals surface area contributed by atoms with E-state index < -0.39 is 6.04 Å². The summed E-state index contributed by atoms with van der Waals surface area (Å²) >= 11 is 3.39. The Morgan fingerprint density at radius 3 is 2.71 bits per heavy atom. The van der Waals surface area contributed by atoms with Crippen molar-refractivity contribution in [3.63, 3.8) is 0 Å². The van der Waals surface area contributed by atoms with E-state index in [0.717, 1.165) is 28.7 Å². The molecule has 2 aliphatic heterocycles. The minimum Gasteiger partial charge on any atom is -0.364 e. The van der Waals surface area contributed by atoms with E-state index in [1.165, 1.54) is 6.92 Å². The van der Waals surface area contributed by atoms with E-state index in [9.17, 15) is 14.4 Å². The number of carbonyl (C=O) groups is 3. The first-order chi connectivity index (χ1) is 21.6. The van der Waals surface area contributed by atoms with E-state index in [0.29, 0.717) is 40.0 Å². The fourth-order valence-electron chi connectivity index (χ4n) is 6.68. The highest BCUT2D eigenvalue weighted by Crippen LogP contribution is 2.61. The molecule has 7 rings (SSSR count). The Morgan fingerprint density at radius 1 is 1.13 bits per heavy atom. The number of hydrogen-bond acceptors (Lipinski definition) is 8. The van der Waals surface area contributed by atoms with E-state index in [-0.39, 0.29) is 54.5 Å². The first-order valence-corrected chi connectivity index (χ1v) is 15.5. The number of piperidine rings is 1. The van der Waals surface area contributed by atoms with E-state index in [1.54, 1.807) is 28.0 Å². The number of likely N-dealkylation sites (tertiary alicyclic amines) is 1. The van der Waals surface area contributed by atoms with E-state index in [2.05, 4.69) is 53.1 Å². The number of halogens is 1. The van der Waals surface area contributed by atoms with E-state index in [4.69, 9.17) is 4.74 Å². The summed E-state index contributed by atoms with van der Waals surface area (Å²) in [5.74, 6) is 6.63. The fraction of sp³-hybridized carbons (Fsp3) is 0.364. The molecule has 4 aromatic rings. The summed E-state index contributed by atoms with van der Waals surface area (Å²) in [6, 6.07) is 6.69. The summed E-state index contributed by atoms with van der Waals surface area (Å²) in [7, 11) is 0. The van der Waals surface area contributed by atoms with Crippen molar-refractivity contribution in [2.24, 2.45) is 5.41 Å². The predicted octanol–water partition coefficient (Wildman–Crippen LogP) is 4.39. The molecule has 12 heteroatoms. The molecule has 2 bridgehead atoms. The van der Waals surface area contributed by atoms with Crippen LogP contribution < -0.4 is 5.32 Å². The first-order valence-electron chi connectivity index (χ1n) is 14.8. The molecule has 2 amide bonds. The first kappa shape index (κ1) is 29.3. The number of hydrogen-bond donors (Lipinski definition) is 1. The Hall–Kier alpha value is -4.47. The Labute approximate surface area is 267 Å². The number of rotatable bonds is 4. The van der Waals surface area contributed by atoms with Gasteiger partial charge in [-0.25, -0.2) is 15.0 Å². The van der Waals surface area contributed by atoms with Gasteiger partial charge in [-0.05, 0) is 71.9 Å². The standard InChI is InChI=1S/C33H30BrN7O4/c1-18-10-22(23-14-35-20(3)36-15-23)11-24-29(19(2)42)39-40(30(18)24)16-28(43)41-25-12-33(13-26(33)41)8-4-5-9-45-17-21-6-7-27(34)37-31(21)38-32(25)44/h6-7,10-11,14-15,25-26H,8-9,12-13,16-17H2,1-3H3,(H,37,38,44)/t25?,26-,33+/m1/s1. The lowest BCUT2D eigenvalue weighted by atomic mass is 9.95. The Balaban J connectivity index is 1.23. The van der Waals surface area contributed by atoms with Gasteiger partial charge in [0.25, 0.3) is 0 Å². The van der Waals surface area contributed by atoms with E-state index >= 15 is 0 Å². The van der Waals surface area contributed by atoms with Crippen LogP contribution >= 0.6 is 15.9 Å². The second-order valence-electron chi connectivity index (χ2n) is 12.0. The fourth-order valence-corrected chi connectivity index (χ4v) is 6.99. The highest BCUT2D eigenvalue weighted by Gasteiger charge is 2.66. The average molecular weight is 669 g/mol. The van der Waals surface area contributed by atoms with Gasteiger partial charge in [-0.15, -0.1) is 5.92 Å². The molecule has 5 heterocycles. The highest BCUT2D eigenvalue weighted by atomic mass is 79.9. The summed E-state index contributed by atoms with van der Waals surface area (Å²) in [5.41, 5.74) is 3.98. The van der Waals surface area contributed by atoms with Crippen LogP contribution in [-0.2, 0) is 27.5 Å². The SMILES string of the molecule is CC(=O)c1nn(CC(=O)N2C3C[C@@]4(CC#CCOCc5ccc(Br)nc5NC3=O)C[C@@H]24)c2c(C)cc(-c3cnc(C)nc3)cc12. The number of ether oxygens (including phenoxy) is 1. The molecule has 11 nitrogen and oxygen atoms in total. The third-order valence-electron chi connectivity index (χ3n) is 8.96. The van der Waals surface area contributed by atoms with Gasteiger partial charge >= 0.3 is 0 Å². The van der Waals surface area contributed by atoms with Crippen LogP contribution in [0.1, 0.15) is 53.6 Å². The molecule has 1 aromatic carbocycles. The van der Waals surface area contributed by atoms with Gasteiger partial charge in [0.05, 0.1) is 12.1 Å². The van der Waals surface area contributed by atoms with Gasteiger partial charge in [0.1, 0.15) is 41.1 Å². The highest BCUT2D eigenvalue weighted by molar-refractivity contribution is 9.10. The number of nitrogens with zero attached hydrogens (tertiary/aromatic N) is 6. The molecule has 45 heavy (non-hydrogen) atoms. The molecule has 1 aliphatic carbocycles. The number of nitrogens with one attached hydrogen (secondary N) is 1. The summed E-state index contributed by atoms with van der Waals surface area (Å²) in [4.78, 5) is 55.5. The maximum Gasteiger partial charge on any atom is 0.248 e. The van der Waals surface area contributed by atoms with Crippen molar-refractivity contribution >= 4 is 50.2 Å². The van der Waals surface area contributed by atoms with Crippen molar-refractivity contribution in [2.75, 3.05) is 11.9 Å². The zero-order chi connectivity index (χ0) is 31.5. The smallest absolute Gasteiger partial charge is 0.248 e. The molecular weight excluding hydrogens is 638 g/mol. The Bertz CT molecular complexity index is 1960. The topological polar surface area (TPSA) is 132 Å². The third kappa shape index (κ3) is 5.30. The molecule has 1 saturated carbocycles. The van der Waals surface area contributed by atoms with Crippen LogP contribution in [0.15, 0.2) is 41.3 Å². The van der Waals surface area contributed by atoms with Crippen LogP contribution in [0.5, 0.6) is 0 Å². The van der Waals surface area contributed by atoms with Crippen molar-refractivity contribution in [3.8, 4) is 23.0 Å². The molecule has 2 fully saturated rings. The molecule has 1 N–H and O–H groups in total. The summed E-state index contributed by atoms with van der Waals surface area (Å²) in [5, 5.41) is 8.25. The van der Waals surface area contributed by atoms with Crippen molar-refractivity contribution in [1.82, 2.24) is 29.6 Å². The Kier molecular flexibility index (Phi) is 7.25. The number of Topliss-reactive ketones (excluding diaryl/α,β-unsaturated/α-hetero) is 1. The number of carbonyl (C=O) groups excluding carboxylic acids is 3. The lowest BCUT2D eigenvalue weighted by molar-refractivity contribution is -0.138. The van der Waals surface area contributed by atoms with Crippen molar-refractivity contribution in [3.05, 3.63) is 63.9 Å². The van der Waals surface area contributed by atoms with Gasteiger partial charge < -0.3 is 15.0 Å². The number of fused-ring (bicyclic) bond motifs is 3. The van der Waals surface area contributed by atoms with Crippen molar-refractivity contribution < 1.29 is 19.1 Å². The predicted molar refractivity (Wildman–Crippen MR) is 169 cm³/mol. The summed E-state index contributed by atoms with van der Waals surface area (Å²) < 4.78 is 7.89. The maximum atomic E-state index is 14.2. The second-order valence-corrected chi connectivity index (χ2v) is 12.8. The molecule has 1 spiro atoms. The van der Waals surface area contributed by atoms with Crippen molar-refractivity contribution in [2.45, 2.75) is 65.3 Å². The number of benzene rings is 1. The molecule has 3 aromatic heterocycles. The number of aromatic nitrogens is 5. The number of anilines is 1. The largest absolute Gasteiger partial charge is 0.364 e. The van der Waals surface area contributed by atoms with Crippen LogP contribution in [0.25, 0.3) is 22.0 Å². The minimum absolute atomic E-state index is 0.114. The maximum absolute atomic E-state index is 14.2. The van der Waals surface area contributed by atoms with Gasteiger partial charge in [0, 0.05) is 53.7 Å². The van der Waals surface area contributed by atoms with Crippen LogP contribution in [0.2, 0.25) is 0 Å². The zero-order valence-electron chi connectivity index (χ0n) is 25.1. The van der Waals surface area contributed by atoms with Gasteiger partial charge in [-0.1, -0.05) is 12.0 Å². The number of ketones is 1. The van der Waals surface area contributed by atoms with Crippen LogP contribution in [0, 0.1) is 31.1 Å². The lowest BCUT2D eigenvalue weighted by Gasteiger charge is -2.27. The van der Waals surface area contributed by atoms with Gasteiger partial charge in [-0.2, -0.15) is 5.10 Å². The summed E-state index contributed by atoms with van der Waals surface area (Å²) in [6.07, 6.45) is 5.36. The monoisotopic (exact) mass is 667 g/mol. The summed E-state index contributed by atoms with van der Waals surface area (Å²) in [6.45, 7) is 5.61. The second kappa shape index (κ2) is 11.2. The minimum atomic E-state index is -0.698. The van der Waals surface area contributed by atoms with Crippen LogP contribution in [0.3, 0.4) is 0 Å². The Morgan fingerprint density at radius 2 is 1.93 bits per heavy atom.